The number of nitrogens with zero attached hydrogens (tertiary/aromatic N) is 1. The van der Waals surface area contributed by atoms with E-state index in [0.29, 0.717) is 25.4 Å². The van der Waals surface area contributed by atoms with E-state index in [-0.39, 0.29) is 30.0 Å². The highest BCUT2D eigenvalue weighted by Crippen LogP contribution is 2.39. The van der Waals surface area contributed by atoms with Gasteiger partial charge in [0.2, 0.25) is 5.91 Å². The van der Waals surface area contributed by atoms with Gasteiger partial charge in [-0.15, -0.1) is 0 Å². The lowest BCUT2D eigenvalue weighted by Gasteiger charge is -2.25. The van der Waals surface area contributed by atoms with Crippen molar-refractivity contribution in [3.63, 3.8) is 0 Å². The minimum Gasteiger partial charge on any atom is -0.494 e. The van der Waals surface area contributed by atoms with Crippen molar-refractivity contribution in [2.24, 2.45) is 0 Å². The largest absolute Gasteiger partial charge is 0.494 e. The van der Waals surface area contributed by atoms with Crippen molar-refractivity contribution in [1.29, 1.82) is 0 Å². The van der Waals surface area contributed by atoms with Crippen LogP contribution in [0.1, 0.15) is 48.8 Å². The molecule has 0 saturated heterocycles. The molecule has 0 bridgehead atoms. The maximum atomic E-state index is 14.2. The minimum atomic E-state index is -0.380. The summed E-state index contributed by atoms with van der Waals surface area (Å²) < 4.78 is 33.3. The molecule has 6 heteroatoms. The zero-order valence-corrected chi connectivity index (χ0v) is 19.4. The van der Waals surface area contributed by atoms with Gasteiger partial charge in [-0.05, 0) is 72.4 Å². The molecular formula is C28H30F2N2O2. The number of halogens is 2. The second-order valence-electron chi connectivity index (χ2n) is 8.59. The molecule has 0 radical (unpaired) electrons. The van der Waals surface area contributed by atoms with E-state index in [4.69, 9.17) is 4.74 Å². The third-order valence-electron chi connectivity index (χ3n) is 6.11. The van der Waals surface area contributed by atoms with Crippen LogP contribution in [0, 0.1) is 11.6 Å². The summed E-state index contributed by atoms with van der Waals surface area (Å²) in [4.78, 5) is 14.8. The number of fused-ring (bicyclic) bond motifs is 1. The van der Waals surface area contributed by atoms with E-state index < -0.39 is 0 Å². The van der Waals surface area contributed by atoms with Crippen LogP contribution in [0.3, 0.4) is 0 Å². The molecule has 178 valence electrons. The van der Waals surface area contributed by atoms with E-state index in [1.54, 1.807) is 23.1 Å². The summed E-state index contributed by atoms with van der Waals surface area (Å²) in [5.41, 5.74) is 3.50. The standard InChI is InChI=1S/C28H30F2N2O2/c1-2-16-34-24-12-5-20(6-13-24)18-31-19-28(33)32-15-3-4-25(21-7-9-22(29)10-8-21)26-14-11-23(30)17-27(26)32/h5-14,17,25,31H,2-4,15-16,18-19H2,1H3. The molecule has 1 atom stereocenters. The van der Waals surface area contributed by atoms with Crippen LogP contribution in [0.5, 0.6) is 5.75 Å². The third-order valence-corrected chi connectivity index (χ3v) is 6.11. The highest BCUT2D eigenvalue weighted by Gasteiger charge is 2.27. The fourth-order valence-corrected chi connectivity index (χ4v) is 4.41. The van der Waals surface area contributed by atoms with Crippen LogP contribution >= 0.6 is 0 Å². The molecule has 0 saturated carbocycles. The van der Waals surface area contributed by atoms with Crippen molar-refractivity contribution in [2.75, 3.05) is 24.6 Å². The smallest absolute Gasteiger partial charge is 0.240 e. The molecule has 4 nitrogen and oxygen atoms in total. The van der Waals surface area contributed by atoms with E-state index in [9.17, 15) is 13.6 Å². The maximum Gasteiger partial charge on any atom is 0.240 e. The highest BCUT2D eigenvalue weighted by atomic mass is 19.1. The van der Waals surface area contributed by atoms with Gasteiger partial charge in [-0.1, -0.05) is 37.3 Å². The van der Waals surface area contributed by atoms with Crippen LogP contribution < -0.4 is 15.0 Å². The SMILES string of the molecule is CCCOc1ccc(CNCC(=O)N2CCCC(c3ccc(F)cc3)c3ccc(F)cc32)cc1. The Bertz CT molecular complexity index is 1100. The van der Waals surface area contributed by atoms with Crippen molar-refractivity contribution >= 4 is 11.6 Å². The van der Waals surface area contributed by atoms with E-state index in [1.807, 2.05) is 24.3 Å². The fourth-order valence-electron chi connectivity index (χ4n) is 4.41. The Balaban J connectivity index is 1.45. The lowest BCUT2D eigenvalue weighted by molar-refractivity contribution is -0.117. The number of anilines is 1. The summed E-state index contributed by atoms with van der Waals surface area (Å²) in [5, 5.41) is 3.21. The Morgan fingerprint density at radius 1 is 1.03 bits per heavy atom. The number of carbonyl (C=O) groups excluding carboxylic acids is 1. The number of nitrogens with one attached hydrogen (secondary N) is 1. The molecule has 3 aromatic carbocycles. The number of rotatable bonds is 8. The number of hydrogen-bond acceptors (Lipinski definition) is 3. The van der Waals surface area contributed by atoms with Crippen LogP contribution in [0.25, 0.3) is 0 Å². The van der Waals surface area contributed by atoms with Gasteiger partial charge in [-0.25, -0.2) is 8.78 Å². The second-order valence-corrected chi connectivity index (χ2v) is 8.59. The normalized spacial score (nSPS) is 15.5. The number of ether oxygens (including phenoxy) is 1. The first-order valence-electron chi connectivity index (χ1n) is 11.8. The first-order chi connectivity index (χ1) is 16.5. The minimum absolute atomic E-state index is 0.0181. The molecule has 3 aromatic rings. The van der Waals surface area contributed by atoms with Crippen LogP contribution in [0.15, 0.2) is 66.7 Å². The molecule has 34 heavy (non-hydrogen) atoms. The Hall–Kier alpha value is -3.25. The summed E-state index contributed by atoms with van der Waals surface area (Å²) in [5.74, 6) is 0.0443. The second kappa shape index (κ2) is 11.3. The van der Waals surface area contributed by atoms with Crippen molar-refractivity contribution in [1.82, 2.24) is 5.32 Å². The van der Waals surface area contributed by atoms with Crippen molar-refractivity contribution in [3.05, 3.63) is 95.1 Å². The summed E-state index contributed by atoms with van der Waals surface area (Å²) in [6.07, 6.45) is 2.52. The van der Waals surface area contributed by atoms with Gasteiger partial charge in [0, 0.05) is 19.0 Å². The van der Waals surface area contributed by atoms with Gasteiger partial charge >= 0.3 is 0 Å². The predicted octanol–water partition coefficient (Wildman–Crippen LogP) is 5.80. The quantitative estimate of drug-likeness (QED) is 0.458. The number of carbonyl (C=O) groups is 1. The van der Waals surface area contributed by atoms with E-state index >= 15 is 0 Å². The van der Waals surface area contributed by atoms with E-state index in [0.717, 1.165) is 41.7 Å². The number of benzene rings is 3. The van der Waals surface area contributed by atoms with Gasteiger partial charge in [-0.2, -0.15) is 0 Å². The van der Waals surface area contributed by atoms with Crippen LogP contribution in [0.2, 0.25) is 0 Å². The van der Waals surface area contributed by atoms with E-state index in [1.165, 1.54) is 24.3 Å². The lowest BCUT2D eigenvalue weighted by Crippen LogP contribution is -2.38. The zero-order chi connectivity index (χ0) is 23.9. The summed E-state index contributed by atoms with van der Waals surface area (Å²) in [7, 11) is 0. The van der Waals surface area contributed by atoms with Crippen molar-refractivity contribution in [3.8, 4) is 5.75 Å². The maximum absolute atomic E-state index is 14.2. The average molecular weight is 465 g/mol. The lowest BCUT2D eigenvalue weighted by atomic mass is 9.87. The molecule has 1 N–H and O–H groups in total. The van der Waals surface area contributed by atoms with Crippen LogP contribution in [-0.2, 0) is 11.3 Å². The summed E-state index contributed by atoms with van der Waals surface area (Å²) >= 11 is 0. The van der Waals surface area contributed by atoms with Crippen LogP contribution in [0.4, 0.5) is 14.5 Å². The summed E-state index contributed by atoms with van der Waals surface area (Å²) in [6, 6.07) is 18.8. The molecule has 0 aromatic heterocycles. The van der Waals surface area contributed by atoms with Gasteiger partial charge in [0.05, 0.1) is 18.8 Å². The molecule has 1 unspecified atom stereocenters. The van der Waals surface area contributed by atoms with E-state index in [2.05, 4.69) is 12.2 Å². The Labute approximate surface area is 199 Å². The van der Waals surface area contributed by atoms with Crippen LogP contribution in [-0.4, -0.2) is 25.6 Å². The van der Waals surface area contributed by atoms with Gasteiger partial charge < -0.3 is 15.0 Å². The molecule has 1 aliphatic rings. The molecule has 0 spiro atoms. The molecule has 4 rings (SSSR count). The summed E-state index contributed by atoms with van der Waals surface area (Å²) in [6.45, 7) is 3.95. The Morgan fingerprint density at radius 2 is 1.76 bits per heavy atom. The molecule has 1 amide bonds. The van der Waals surface area contributed by atoms with Gasteiger partial charge in [0.25, 0.3) is 0 Å². The monoisotopic (exact) mass is 464 g/mol. The molecule has 0 fully saturated rings. The Morgan fingerprint density at radius 3 is 2.50 bits per heavy atom. The zero-order valence-electron chi connectivity index (χ0n) is 19.4. The number of hydrogen-bond donors (Lipinski definition) is 1. The van der Waals surface area contributed by atoms with Gasteiger partial charge in [0.15, 0.2) is 0 Å². The van der Waals surface area contributed by atoms with Gasteiger partial charge in [-0.3, -0.25) is 4.79 Å². The van der Waals surface area contributed by atoms with Crippen molar-refractivity contribution < 1.29 is 18.3 Å². The van der Waals surface area contributed by atoms with Crippen molar-refractivity contribution in [2.45, 2.75) is 38.6 Å². The van der Waals surface area contributed by atoms with Gasteiger partial charge in [0.1, 0.15) is 17.4 Å². The topological polar surface area (TPSA) is 41.6 Å². The molecular weight excluding hydrogens is 434 g/mol. The fraction of sp³-hybridized carbons (Fsp3) is 0.321. The highest BCUT2D eigenvalue weighted by molar-refractivity contribution is 5.96. The predicted molar refractivity (Wildman–Crippen MR) is 130 cm³/mol. The molecule has 1 aliphatic heterocycles. The first kappa shape index (κ1) is 23.9. The third kappa shape index (κ3) is 5.81. The Kier molecular flexibility index (Phi) is 7.91. The molecule has 1 heterocycles. The number of amides is 1. The first-order valence-corrected chi connectivity index (χ1v) is 11.8. The average Bonchev–Trinajstić information content (AvgIpc) is 3.03. The molecule has 0 aliphatic carbocycles.